The SMILES string of the molecule is CC(C)(C)P(NP(C(C)(C)C)C(C)(C)C)C(C)(C)C. The molecule has 0 rings (SSSR count). The second-order valence-electron chi connectivity index (χ2n) is 9.45. The molecule has 0 aliphatic rings. The van der Waals surface area contributed by atoms with Gasteiger partial charge in [0.15, 0.2) is 0 Å². The Morgan fingerprint density at radius 1 is 0.421 bits per heavy atom. The molecule has 0 saturated heterocycles. The Balaban J connectivity index is 5.43. The lowest BCUT2D eigenvalue weighted by Crippen LogP contribution is -2.37. The van der Waals surface area contributed by atoms with Crippen molar-refractivity contribution in [1.82, 2.24) is 4.86 Å². The third kappa shape index (κ3) is 6.41. The average molecular weight is 305 g/mol. The fourth-order valence-corrected chi connectivity index (χ4v) is 12.3. The summed E-state index contributed by atoms with van der Waals surface area (Å²) in [5.74, 6) is 0. The van der Waals surface area contributed by atoms with E-state index in [-0.39, 0.29) is 16.1 Å². The highest BCUT2D eigenvalue weighted by molar-refractivity contribution is 7.74. The van der Waals surface area contributed by atoms with Crippen LogP contribution in [-0.2, 0) is 0 Å². The van der Waals surface area contributed by atoms with E-state index in [9.17, 15) is 0 Å². The second-order valence-corrected chi connectivity index (χ2v) is 17.0. The van der Waals surface area contributed by atoms with Gasteiger partial charge in [0, 0.05) is 0 Å². The summed E-state index contributed by atoms with van der Waals surface area (Å²) in [5.41, 5.74) is 0. The number of nitrogens with one attached hydrogen (secondary N) is 1. The smallest absolute Gasteiger partial charge is 0.00417 e. The third-order valence-corrected chi connectivity index (χ3v) is 9.85. The maximum Gasteiger partial charge on any atom is -0.00417 e. The first-order valence-corrected chi connectivity index (χ1v) is 10.0. The quantitative estimate of drug-likeness (QED) is 0.569. The van der Waals surface area contributed by atoms with Crippen LogP contribution in [0, 0.1) is 0 Å². The summed E-state index contributed by atoms with van der Waals surface area (Å²) in [5, 5.41) is 1.35. The molecule has 0 radical (unpaired) electrons. The molecule has 19 heavy (non-hydrogen) atoms. The standard InChI is InChI=1S/C16H37NP2/c1-13(2,3)18(14(4,5)6)17-19(15(7,8)9)16(10,11)12/h17H,1-12H3. The molecule has 0 aliphatic heterocycles. The van der Waals surface area contributed by atoms with Gasteiger partial charge in [-0.25, -0.2) is 0 Å². The van der Waals surface area contributed by atoms with Gasteiger partial charge in [-0.3, -0.25) is 4.86 Å². The Labute approximate surface area is 125 Å². The molecule has 0 amide bonds. The summed E-state index contributed by atoms with van der Waals surface area (Å²) >= 11 is 0. The van der Waals surface area contributed by atoms with E-state index in [4.69, 9.17) is 0 Å². The highest BCUT2D eigenvalue weighted by Gasteiger charge is 2.42. The monoisotopic (exact) mass is 305 g/mol. The van der Waals surface area contributed by atoms with Crippen molar-refractivity contribution in [1.29, 1.82) is 0 Å². The van der Waals surface area contributed by atoms with E-state index in [1.807, 2.05) is 0 Å². The van der Waals surface area contributed by atoms with Crippen LogP contribution in [0.5, 0.6) is 0 Å². The first kappa shape index (κ1) is 19.8. The Bertz CT molecular complexity index is 226. The Kier molecular flexibility index (Phi) is 6.16. The van der Waals surface area contributed by atoms with Crippen molar-refractivity contribution < 1.29 is 0 Å². The van der Waals surface area contributed by atoms with E-state index >= 15 is 0 Å². The van der Waals surface area contributed by atoms with E-state index in [1.54, 1.807) is 0 Å². The van der Waals surface area contributed by atoms with E-state index < -0.39 is 0 Å². The minimum atomic E-state index is -0.232. The molecular weight excluding hydrogens is 268 g/mol. The van der Waals surface area contributed by atoms with Crippen molar-refractivity contribution in [2.45, 2.75) is 104 Å². The first-order chi connectivity index (χ1) is 7.97. The van der Waals surface area contributed by atoms with Crippen molar-refractivity contribution in [2.75, 3.05) is 0 Å². The van der Waals surface area contributed by atoms with Crippen LogP contribution in [0.1, 0.15) is 83.1 Å². The van der Waals surface area contributed by atoms with Crippen LogP contribution in [0.3, 0.4) is 0 Å². The summed E-state index contributed by atoms with van der Waals surface area (Å²) in [6, 6.07) is 0. The minimum Gasteiger partial charge on any atom is -0.272 e. The summed E-state index contributed by atoms with van der Waals surface area (Å²) in [4.78, 5) is 4.14. The number of hydrogen-bond acceptors (Lipinski definition) is 1. The Morgan fingerprint density at radius 3 is 0.684 bits per heavy atom. The summed E-state index contributed by atoms with van der Waals surface area (Å²) in [6.45, 7) is 28.6. The van der Waals surface area contributed by atoms with Gasteiger partial charge < -0.3 is 0 Å². The lowest BCUT2D eigenvalue weighted by molar-refractivity contribution is 0.681. The van der Waals surface area contributed by atoms with Crippen LogP contribution in [0.25, 0.3) is 0 Å². The molecule has 0 fully saturated rings. The molecule has 0 aromatic heterocycles. The molecule has 0 aromatic rings. The Morgan fingerprint density at radius 2 is 0.579 bits per heavy atom. The summed E-state index contributed by atoms with van der Waals surface area (Å²) in [6.07, 6.45) is 0. The lowest BCUT2D eigenvalue weighted by atomic mass is 10.2. The van der Waals surface area contributed by atoms with Crippen LogP contribution < -0.4 is 4.86 Å². The van der Waals surface area contributed by atoms with Gasteiger partial charge in [-0.1, -0.05) is 83.1 Å². The van der Waals surface area contributed by atoms with Gasteiger partial charge in [0.25, 0.3) is 0 Å². The maximum atomic E-state index is 4.14. The normalized spacial score (nSPS) is 15.5. The van der Waals surface area contributed by atoms with Crippen molar-refractivity contribution in [3.05, 3.63) is 0 Å². The minimum absolute atomic E-state index is 0.232. The molecule has 116 valence electrons. The van der Waals surface area contributed by atoms with Crippen LogP contribution in [0.4, 0.5) is 0 Å². The molecule has 1 N–H and O–H groups in total. The molecule has 1 nitrogen and oxygen atoms in total. The van der Waals surface area contributed by atoms with Crippen LogP contribution in [0.15, 0.2) is 0 Å². The van der Waals surface area contributed by atoms with E-state index in [2.05, 4.69) is 87.9 Å². The van der Waals surface area contributed by atoms with Crippen molar-refractivity contribution in [2.24, 2.45) is 0 Å². The van der Waals surface area contributed by atoms with Gasteiger partial charge in [-0.15, -0.1) is 0 Å². The highest BCUT2D eigenvalue weighted by atomic mass is 31.2. The topological polar surface area (TPSA) is 12.0 Å². The zero-order chi connectivity index (χ0) is 15.9. The van der Waals surface area contributed by atoms with Gasteiger partial charge in [0.1, 0.15) is 0 Å². The molecule has 0 atom stereocenters. The van der Waals surface area contributed by atoms with Crippen LogP contribution in [0.2, 0.25) is 0 Å². The van der Waals surface area contributed by atoms with Gasteiger partial charge in [0.2, 0.25) is 0 Å². The first-order valence-electron chi connectivity index (χ1n) is 7.34. The second kappa shape index (κ2) is 5.90. The summed E-state index contributed by atoms with van der Waals surface area (Å²) < 4.78 is 0. The van der Waals surface area contributed by atoms with Gasteiger partial charge in [-0.05, 0) is 36.8 Å². The predicted molar refractivity (Wildman–Crippen MR) is 96.0 cm³/mol. The lowest BCUT2D eigenvalue weighted by Gasteiger charge is -2.50. The van der Waals surface area contributed by atoms with Gasteiger partial charge in [-0.2, -0.15) is 0 Å². The molecule has 0 saturated carbocycles. The fourth-order valence-electron chi connectivity index (χ4n) is 2.71. The van der Waals surface area contributed by atoms with Crippen molar-refractivity contribution >= 4 is 16.1 Å². The summed E-state index contributed by atoms with van der Waals surface area (Å²) in [7, 11) is -0.464. The number of hydrogen-bond donors (Lipinski definition) is 1. The van der Waals surface area contributed by atoms with Crippen LogP contribution >= 0.6 is 16.1 Å². The molecule has 3 heteroatoms. The molecular formula is C16H37NP2. The Hall–Kier alpha value is 0.820. The molecule has 0 aromatic carbocycles. The molecule has 0 unspecified atom stereocenters. The van der Waals surface area contributed by atoms with Crippen molar-refractivity contribution in [3.8, 4) is 0 Å². The van der Waals surface area contributed by atoms with E-state index in [0.29, 0.717) is 20.6 Å². The van der Waals surface area contributed by atoms with E-state index in [0.717, 1.165) is 0 Å². The van der Waals surface area contributed by atoms with Gasteiger partial charge in [0.05, 0.1) is 0 Å². The largest absolute Gasteiger partial charge is 0.272 e. The van der Waals surface area contributed by atoms with E-state index in [1.165, 1.54) is 0 Å². The maximum absolute atomic E-state index is 4.14. The van der Waals surface area contributed by atoms with Crippen molar-refractivity contribution in [3.63, 3.8) is 0 Å². The highest BCUT2D eigenvalue weighted by Crippen LogP contribution is 2.67. The third-order valence-electron chi connectivity index (χ3n) is 2.88. The zero-order valence-corrected chi connectivity index (χ0v) is 17.2. The average Bonchev–Trinajstić information content (AvgIpc) is 1.91. The molecule has 0 bridgehead atoms. The number of rotatable bonds is 2. The predicted octanol–water partition coefficient (Wildman–Crippen LogP) is 6.56. The molecule has 0 aliphatic carbocycles. The zero-order valence-electron chi connectivity index (χ0n) is 15.4. The molecule has 0 heterocycles. The van der Waals surface area contributed by atoms with Crippen LogP contribution in [-0.4, -0.2) is 20.6 Å². The van der Waals surface area contributed by atoms with Gasteiger partial charge >= 0.3 is 0 Å². The molecule has 0 spiro atoms. The fraction of sp³-hybridized carbons (Fsp3) is 1.00.